The van der Waals surface area contributed by atoms with Gasteiger partial charge in [-0.05, 0) is 38.0 Å². The van der Waals surface area contributed by atoms with Crippen molar-refractivity contribution in [1.29, 1.82) is 0 Å². The monoisotopic (exact) mass is 564 g/mol. The molecule has 0 aliphatic heterocycles. The van der Waals surface area contributed by atoms with Gasteiger partial charge in [0.2, 0.25) is 5.91 Å². The summed E-state index contributed by atoms with van der Waals surface area (Å²) < 4.78 is 45.7. The number of halogens is 4. The van der Waals surface area contributed by atoms with E-state index in [0.29, 0.717) is 32.1 Å². The fraction of sp³-hybridized carbons (Fsp3) is 0.364. The van der Waals surface area contributed by atoms with Gasteiger partial charge in [-0.15, -0.1) is 24.0 Å². The van der Waals surface area contributed by atoms with Crippen LogP contribution in [0.3, 0.4) is 0 Å². The third-order valence-corrected chi connectivity index (χ3v) is 4.28. The van der Waals surface area contributed by atoms with Crippen LogP contribution < -0.4 is 16.0 Å². The summed E-state index contributed by atoms with van der Waals surface area (Å²) in [5.74, 6) is -4.68. The molecule has 6 nitrogen and oxygen atoms in total. The first-order chi connectivity index (χ1) is 14.9. The zero-order valence-corrected chi connectivity index (χ0v) is 20.3. The summed E-state index contributed by atoms with van der Waals surface area (Å²) in [5.41, 5.74) is 0.663. The summed E-state index contributed by atoms with van der Waals surface area (Å²) in [6.07, 6.45) is 0.705. The van der Waals surface area contributed by atoms with Crippen LogP contribution in [0.1, 0.15) is 31.9 Å². The molecule has 0 spiro atoms. The van der Waals surface area contributed by atoms with E-state index in [-0.39, 0.29) is 36.6 Å². The topological polar surface area (TPSA) is 74.8 Å². The molecule has 1 unspecified atom stereocenters. The van der Waals surface area contributed by atoms with Crippen LogP contribution in [-0.2, 0) is 9.53 Å². The van der Waals surface area contributed by atoms with Gasteiger partial charge in [-0.3, -0.25) is 4.79 Å². The largest absolute Gasteiger partial charge is 0.374 e. The number of amides is 1. The Morgan fingerprint density at radius 1 is 1.06 bits per heavy atom. The van der Waals surface area contributed by atoms with Crippen LogP contribution in [0.2, 0.25) is 0 Å². The first-order valence-electron chi connectivity index (χ1n) is 10.0. The Morgan fingerprint density at radius 2 is 1.78 bits per heavy atom. The van der Waals surface area contributed by atoms with Crippen LogP contribution in [0.5, 0.6) is 0 Å². The second kappa shape index (κ2) is 14.7. The lowest BCUT2D eigenvalue weighted by atomic mass is 10.1. The Balaban J connectivity index is 0.00000512. The van der Waals surface area contributed by atoms with E-state index < -0.39 is 29.0 Å². The van der Waals surface area contributed by atoms with Crippen molar-refractivity contribution in [3.8, 4) is 0 Å². The highest BCUT2D eigenvalue weighted by atomic mass is 127. The first-order valence-corrected chi connectivity index (χ1v) is 10.0. The molecule has 176 valence electrons. The minimum Gasteiger partial charge on any atom is -0.374 e. The number of nitrogens with one attached hydrogen (secondary N) is 3. The van der Waals surface area contributed by atoms with Gasteiger partial charge >= 0.3 is 0 Å². The van der Waals surface area contributed by atoms with E-state index in [1.54, 1.807) is 0 Å². The molecule has 0 aliphatic rings. The molecule has 2 aromatic carbocycles. The smallest absolute Gasteiger partial charge is 0.246 e. The zero-order valence-electron chi connectivity index (χ0n) is 18.0. The molecule has 0 saturated heterocycles. The summed E-state index contributed by atoms with van der Waals surface area (Å²) in [6.45, 7) is 5.22. The summed E-state index contributed by atoms with van der Waals surface area (Å²) >= 11 is 0. The van der Waals surface area contributed by atoms with Crippen molar-refractivity contribution in [2.45, 2.75) is 26.4 Å². The van der Waals surface area contributed by atoms with Crippen LogP contribution in [0.25, 0.3) is 0 Å². The molecule has 2 rings (SSSR count). The normalized spacial score (nSPS) is 12.0. The van der Waals surface area contributed by atoms with Gasteiger partial charge in [0.05, 0.1) is 11.8 Å². The Morgan fingerprint density at radius 3 is 2.47 bits per heavy atom. The number of hydrogen-bond donors (Lipinski definition) is 3. The van der Waals surface area contributed by atoms with Gasteiger partial charge in [0.25, 0.3) is 0 Å². The Labute approximate surface area is 203 Å². The van der Waals surface area contributed by atoms with E-state index in [2.05, 4.69) is 20.9 Å². The van der Waals surface area contributed by atoms with E-state index in [9.17, 15) is 18.0 Å². The molecule has 0 aliphatic carbocycles. The van der Waals surface area contributed by atoms with E-state index in [4.69, 9.17) is 4.74 Å². The molecular weight excluding hydrogens is 536 g/mol. The molecule has 0 bridgehead atoms. The average Bonchev–Trinajstić information content (AvgIpc) is 2.78. The number of nitrogens with zero attached hydrogens (tertiary/aromatic N) is 1. The molecule has 32 heavy (non-hydrogen) atoms. The molecule has 1 amide bonds. The van der Waals surface area contributed by atoms with Gasteiger partial charge in [-0.1, -0.05) is 30.3 Å². The van der Waals surface area contributed by atoms with Crippen molar-refractivity contribution in [3.05, 3.63) is 65.5 Å². The number of aliphatic imine (C=N–C) groups is 1. The second-order valence-corrected chi connectivity index (χ2v) is 6.67. The number of hydrogen-bond acceptors (Lipinski definition) is 3. The number of rotatable bonds is 10. The van der Waals surface area contributed by atoms with Crippen molar-refractivity contribution in [2.24, 2.45) is 4.99 Å². The van der Waals surface area contributed by atoms with Crippen molar-refractivity contribution >= 4 is 41.5 Å². The van der Waals surface area contributed by atoms with E-state index in [1.165, 1.54) is 0 Å². The van der Waals surface area contributed by atoms with Crippen LogP contribution >= 0.6 is 24.0 Å². The van der Waals surface area contributed by atoms with E-state index >= 15 is 0 Å². The van der Waals surface area contributed by atoms with Crippen LogP contribution in [0.4, 0.5) is 18.9 Å². The minimum absolute atomic E-state index is 0. The highest BCUT2D eigenvalue weighted by Gasteiger charge is 2.15. The summed E-state index contributed by atoms with van der Waals surface area (Å²) in [4.78, 5) is 16.1. The lowest BCUT2D eigenvalue weighted by Crippen LogP contribution is -2.38. The number of anilines is 1. The number of benzene rings is 2. The zero-order chi connectivity index (χ0) is 22.6. The highest BCUT2D eigenvalue weighted by molar-refractivity contribution is 14.0. The number of ether oxygens (including phenoxy) is 1. The summed E-state index contributed by atoms with van der Waals surface area (Å²) in [5, 5.41) is 8.24. The predicted molar refractivity (Wildman–Crippen MR) is 130 cm³/mol. The molecule has 0 fully saturated rings. The van der Waals surface area contributed by atoms with Crippen molar-refractivity contribution in [1.82, 2.24) is 10.6 Å². The Kier molecular flexibility index (Phi) is 12.7. The van der Waals surface area contributed by atoms with Gasteiger partial charge < -0.3 is 20.7 Å². The maximum absolute atomic E-state index is 13.6. The highest BCUT2D eigenvalue weighted by Crippen LogP contribution is 2.19. The molecule has 0 heterocycles. The molecule has 0 saturated carbocycles. The van der Waals surface area contributed by atoms with Gasteiger partial charge in [0.15, 0.2) is 23.4 Å². The van der Waals surface area contributed by atoms with Crippen molar-refractivity contribution < 1.29 is 22.7 Å². The standard InChI is InChI=1S/C22H27F3N4O2.HI/c1-3-26-22(27-12-7-13-31-15(2)16-8-5-4-6-9-16)28-14-19(30)29-18-11-10-17(23)20(24)21(18)25;/h4-6,8-11,15H,3,7,12-14H2,1-2H3,(H,29,30)(H2,26,27,28);1H. The van der Waals surface area contributed by atoms with Gasteiger partial charge in [0, 0.05) is 19.7 Å². The van der Waals surface area contributed by atoms with E-state index in [0.717, 1.165) is 17.7 Å². The third-order valence-electron chi connectivity index (χ3n) is 4.28. The van der Waals surface area contributed by atoms with E-state index in [1.807, 2.05) is 44.2 Å². The lowest BCUT2D eigenvalue weighted by molar-refractivity contribution is -0.114. The molecule has 0 aromatic heterocycles. The third kappa shape index (κ3) is 9.03. The Bertz CT molecular complexity index is 885. The SMILES string of the molecule is CCNC(=NCC(=O)Nc1ccc(F)c(F)c1F)NCCCOC(C)c1ccccc1.I. The maximum atomic E-state index is 13.6. The number of carbonyl (C=O) groups excluding carboxylic acids is 1. The number of guanidine groups is 1. The fourth-order valence-electron chi connectivity index (χ4n) is 2.66. The van der Waals surface area contributed by atoms with Crippen LogP contribution in [0.15, 0.2) is 47.5 Å². The molecule has 2 aromatic rings. The summed E-state index contributed by atoms with van der Waals surface area (Å²) in [6, 6.07) is 11.6. The lowest BCUT2D eigenvalue weighted by Gasteiger charge is -2.14. The molecule has 10 heteroatoms. The molecule has 0 radical (unpaired) electrons. The minimum atomic E-state index is -1.64. The average molecular weight is 564 g/mol. The Hall–Kier alpha value is -2.34. The maximum Gasteiger partial charge on any atom is 0.246 e. The molecular formula is C22H28F3IN4O2. The first kappa shape index (κ1) is 27.7. The number of carbonyl (C=O) groups is 1. The van der Waals surface area contributed by atoms with Gasteiger partial charge in [-0.2, -0.15) is 0 Å². The van der Waals surface area contributed by atoms with Crippen LogP contribution in [-0.4, -0.2) is 38.1 Å². The molecule has 3 N–H and O–H groups in total. The predicted octanol–water partition coefficient (Wildman–Crippen LogP) is 4.38. The van der Waals surface area contributed by atoms with Crippen molar-refractivity contribution in [3.63, 3.8) is 0 Å². The quantitative estimate of drug-likeness (QED) is 0.132. The fourth-order valence-corrected chi connectivity index (χ4v) is 2.66. The van der Waals surface area contributed by atoms with Crippen molar-refractivity contribution in [2.75, 3.05) is 31.6 Å². The second-order valence-electron chi connectivity index (χ2n) is 6.67. The van der Waals surface area contributed by atoms with Gasteiger partial charge in [0.1, 0.15) is 6.54 Å². The summed E-state index contributed by atoms with van der Waals surface area (Å²) in [7, 11) is 0. The molecule has 1 atom stereocenters. The van der Waals surface area contributed by atoms with Gasteiger partial charge in [-0.25, -0.2) is 18.2 Å². The van der Waals surface area contributed by atoms with Crippen LogP contribution in [0, 0.1) is 17.5 Å².